The second-order valence-electron chi connectivity index (χ2n) is 15.0. The first-order chi connectivity index (χ1) is 28.7. The predicted octanol–water partition coefficient (Wildman–Crippen LogP) is 14.0. The summed E-state index contributed by atoms with van der Waals surface area (Å²) >= 11 is 0. The number of hydrogen-bond acceptors (Lipinski definition) is 2. The van der Waals surface area contributed by atoms with Gasteiger partial charge in [0.25, 0.3) is 0 Å². The minimum absolute atomic E-state index is 0.708. The van der Waals surface area contributed by atoms with Gasteiger partial charge in [-0.05, 0) is 82.2 Å². The zero-order chi connectivity index (χ0) is 38.2. The number of rotatable bonds is 5. The van der Waals surface area contributed by atoms with Gasteiger partial charge in [-0.1, -0.05) is 146 Å². The second kappa shape index (κ2) is 12.9. The Morgan fingerprint density at radius 1 is 0.310 bits per heavy atom. The monoisotopic (exact) mass is 738 g/mol. The van der Waals surface area contributed by atoms with E-state index in [1.54, 1.807) is 0 Å². The van der Waals surface area contributed by atoms with Crippen molar-refractivity contribution in [1.82, 2.24) is 19.1 Å². The van der Waals surface area contributed by atoms with Gasteiger partial charge in [0.05, 0.1) is 33.5 Å². The van der Waals surface area contributed by atoms with Gasteiger partial charge >= 0.3 is 0 Å². The molecular formula is C54H34N4. The molecule has 270 valence electrons. The SMILES string of the molecule is c1ccc(-c2nc(-c3ccc4ccccc4c3)cc(-c3ccc4ccc(-n5c6ccccc6c6c5ccc5c7ccccc7n(-c7ccccc7)c56)cc4c3)n2)cc1. The third-order valence-electron chi connectivity index (χ3n) is 11.7. The van der Waals surface area contributed by atoms with Crippen molar-refractivity contribution in [1.29, 1.82) is 0 Å². The van der Waals surface area contributed by atoms with Gasteiger partial charge in [-0.2, -0.15) is 0 Å². The average molecular weight is 739 g/mol. The van der Waals surface area contributed by atoms with Crippen LogP contribution in [0.2, 0.25) is 0 Å². The minimum atomic E-state index is 0.708. The molecule has 0 saturated carbocycles. The van der Waals surface area contributed by atoms with E-state index in [4.69, 9.17) is 9.97 Å². The number of aromatic nitrogens is 4. The number of para-hydroxylation sites is 3. The molecule has 0 atom stereocenters. The molecule has 9 aromatic carbocycles. The summed E-state index contributed by atoms with van der Waals surface area (Å²) in [6, 6.07) is 73.8. The summed E-state index contributed by atoms with van der Waals surface area (Å²) in [5.41, 5.74) is 11.9. The zero-order valence-electron chi connectivity index (χ0n) is 31.4. The third-order valence-corrected chi connectivity index (χ3v) is 11.7. The smallest absolute Gasteiger partial charge is 0.160 e. The highest BCUT2D eigenvalue weighted by atomic mass is 15.0. The van der Waals surface area contributed by atoms with Gasteiger partial charge in [-0.25, -0.2) is 9.97 Å². The molecule has 0 unspecified atom stereocenters. The highest BCUT2D eigenvalue weighted by Crippen LogP contribution is 2.42. The van der Waals surface area contributed by atoms with E-state index in [-0.39, 0.29) is 0 Å². The molecular weight excluding hydrogens is 705 g/mol. The van der Waals surface area contributed by atoms with Crippen molar-refractivity contribution in [3.05, 3.63) is 206 Å². The molecule has 0 saturated heterocycles. The fourth-order valence-corrected chi connectivity index (χ4v) is 8.97. The van der Waals surface area contributed by atoms with Crippen LogP contribution >= 0.6 is 0 Å². The highest BCUT2D eigenvalue weighted by Gasteiger charge is 2.21. The Hall–Kier alpha value is -7.82. The Labute approximate surface area is 334 Å². The van der Waals surface area contributed by atoms with Crippen LogP contribution in [0.25, 0.3) is 110 Å². The maximum absolute atomic E-state index is 5.18. The maximum atomic E-state index is 5.18. The Bertz CT molecular complexity index is 3560. The molecule has 0 aliphatic heterocycles. The van der Waals surface area contributed by atoms with Gasteiger partial charge < -0.3 is 9.13 Å². The van der Waals surface area contributed by atoms with Crippen LogP contribution in [0.15, 0.2) is 206 Å². The molecule has 4 nitrogen and oxygen atoms in total. The molecule has 0 aliphatic rings. The van der Waals surface area contributed by atoms with E-state index in [0.717, 1.165) is 44.8 Å². The topological polar surface area (TPSA) is 35.6 Å². The molecule has 0 fully saturated rings. The zero-order valence-corrected chi connectivity index (χ0v) is 31.4. The number of nitrogens with zero attached hydrogens (tertiary/aromatic N) is 4. The van der Waals surface area contributed by atoms with Gasteiger partial charge in [0.1, 0.15) is 0 Å². The maximum Gasteiger partial charge on any atom is 0.160 e. The normalized spacial score (nSPS) is 11.8. The largest absolute Gasteiger partial charge is 0.309 e. The molecule has 3 aromatic heterocycles. The molecule has 0 N–H and O–H groups in total. The van der Waals surface area contributed by atoms with Crippen molar-refractivity contribution in [3.8, 4) is 45.3 Å². The van der Waals surface area contributed by atoms with Crippen molar-refractivity contribution in [2.45, 2.75) is 0 Å². The van der Waals surface area contributed by atoms with Crippen LogP contribution < -0.4 is 0 Å². The second-order valence-corrected chi connectivity index (χ2v) is 15.0. The summed E-state index contributed by atoms with van der Waals surface area (Å²) in [6.07, 6.45) is 0. The van der Waals surface area contributed by atoms with Crippen molar-refractivity contribution >= 4 is 65.2 Å². The molecule has 0 spiro atoms. The van der Waals surface area contributed by atoms with Crippen LogP contribution in [-0.2, 0) is 0 Å². The van der Waals surface area contributed by atoms with Crippen LogP contribution in [0.5, 0.6) is 0 Å². The van der Waals surface area contributed by atoms with E-state index >= 15 is 0 Å². The van der Waals surface area contributed by atoms with E-state index in [0.29, 0.717) is 5.82 Å². The summed E-state index contributed by atoms with van der Waals surface area (Å²) in [4.78, 5) is 10.3. The lowest BCUT2D eigenvalue weighted by Gasteiger charge is -2.12. The number of hydrogen-bond donors (Lipinski definition) is 0. The van der Waals surface area contributed by atoms with Crippen molar-refractivity contribution in [2.75, 3.05) is 0 Å². The molecule has 3 heterocycles. The Morgan fingerprint density at radius 3 is 1.66 bits per heavy atom. The molecule has 4 heteroatoms. The fourth-order valence-electron chi connectivity index (χ4n) is 8.97. The molecule has 12 aromatic rings. The number of benzene rings is 9. The Kier molecular flexibility index (Phi) is 7.20. The number of fused-ring (bicyclic) bond motifs is 9. The van der Waals surface area contributed by atoms with Crippen LogP contribution in [-0.4, -0.2) is 19.1 Å². The highest BCUT2D eigenvalue weighted by molar-refractivity contribution is 6.26. The van der Waals surface area contributed by atoms with E-state index in [1.165, 1.54) is 59.8 Å². The fraction of sp³-hybridized carbons (Fsp3) is 0. The summed E-state index contributed by atoms with van der Waals surface area (Å²) in [6.45, 7) is 0. The molecule has 0 aliphatic carbocycles. The van der Waals surface area contributed by atoms with E-state index in [9.17, 15) is 0 Å². The molecule has 0 bridgehead atoms. The van der Waals surface area contributed by atoms with Crippen molar-refractivity contribution in [3.63, 3.8) is 0 Å². The van der Waals surface area contributed by atoms with Crippen LogP contribution in [0.4, 0.5) is 0 Å². The van der Waals surface area contributed by atoms with Crippen LogP contribution in [0.1, 0.15) is 0 Å². The summed E-state index contributed by atoms with van der Waals surface area (Å²) in [5.74, 6) is 0.708. The van der Waals surface area contributed by atoms with Gasteiger partial charge in [0.2, 0.25) is 0 Å². The van der Waals surface area contributed by atoms with Gasteiger partial charge in [0.15, 0.2) is 5.82 Å². The van der Waals surface area contributed by atoms with Gasteiger partial charge in [-0.15, -0.1) is 0 Å². The third kappa shape index (κ3) is 5.09. The molecule has 12 rings (SSSR count). The predicted molar refractivity (Wildman–Crippen MR) is 242 cm³/mol. The Morgan fingerprint density at radius 2 is 0.897 bits per heavy atom. The first-order valence-corrected chi connectivity index (χ1v) is 19.7. The quantitative estimate of drug-likeness (QED) is 0.176. The average Bonchev–Trinajstić information content (AvgIpc) is 3.82. The van der Waals surface area contributed by atoms with Crippen LogP contribution in [0, 0.1) is 0 Å². The van der Waals surface area contributed by atoms with Crippen LogP contribution in [0.3, 0.4) is 0 Å². The van der Waals surface area contributed by atoms with Crippen molar-refractivity contribution in [2.24, 2.45) is 0 Å². The first-order valence-electron chi connectivity index (χ1n) is 19.7. The van der Waals surface area contributed by atoms with Gasteiger partial charge in [-0.3, -0.25) is 0 Å². The first kappa shape index (κ1) is 32.4. The molecule has 58 heavy (non-hydrogen) atoms. The standard InChI is InChI=1S/C54H34N4/c1-3-14-37(15-4-1)54-55-47(39-25-23-35-13-7-8-16-38(35)31-39)34-48(56-54)40-26-24-36-27-28-43(33-41(36)32-40)57-50-22-12-10-20-46(50)52-51(57)30-29-45-44-19-9-11-21-49(44)58(53(45)52)42-17-5-2-6-18-42/h1-34H. The lowest BCUT2D eigenvalue weighted by molar-refractivity contribution is 1.18. The van der Waals surface area contributed by atoms with E-state index in [1.807, 2.05) is 18.2 Å². The summed E-state index contributed by atoms with van der Waals surface area (Å²) in [5, 5.41) is 9.69. The van der Waals surface area contributed by atoms with E-state index < -0.39 is 0 Å². The van der Waals surface area contributed by atoms with Gasteiger partial charge in [0, 0.05) is 49.6 Å². The summed E-state index contributed by atoms with van der Waals surface area (Å²) < 4.78 is 4.87. The molecule has 0 amide bonds. The molecule has 0 radical (unpaired) electrons. The Balaban J connectivity index is 1.06. The van der Waals surface area contributed by atoms with E-state index in [2.05, 4.69) is 197 Å². The lowest BCUT2D eigenvalue weighted by atomic mass is 10.0. The summed E-state index contributed by atoms with van der Waals surface area (Å²) in [7, 11) is 0. The lowest BCUT2D eigenvalue weighted by Crippen LogP contribution is -1.96. The minimum Gasteiger partial charge on any atom is -0.309 e. The van der Waals surface area contributed by atoms with Crippen molar-refractivity contribution < 1.29 is 0 Å².